The maximum atomic E-state index is 2.48. The number of fused-ring (bicyclic) bond motifs is 6. The molecule has 11 rings (SSSR count). The summed E-state index contributed by atoms with van der Waals surface area (Å²) in [6, 6.07) is 78.3. The number of rotatable bonds is 6. The third kappa shape index (κ3) is 5.54. The van der Waals surface area contributed by atoms with Crippen LogP contribution in [0.2, 0.25) is 0 Å². The van der Waals surface area contributed by atoms with Gasteiger partial charge in [0.25, 0.3) is 0 Å². The standard InChI is InChI=1S/C57H41N/c1-57(2)53-33-32-47(37-52(53)51-35-44-17-6-7-18-45(44)36-54(51)57)58(46-30-27-41(28-31-46)40-25-23-39(24-26-40)38-13-4-3-5-14-38)55-34-29-43-16-9-11-21-49(43)56(55)50-22-12-19-42-15-8-10-20-48(42)50/h3-37H,1-2H3. The second-order valence-corrected chi connectivity index (χ2v) is 16.1. The molecule has 0 aromatic heterocycles. The van der Waals surface area contributed by atoms with E-state index in [1.54, 1.807) is 0 Å². The first-order valence-electron chi connectivity index (χ1n) is 20.3. The zero-order valence-corrected chi connectivity index (χ0v) is 32.7. The summed E-state index contributed by atoms with van der Waals surface area (Å²) in [5, 5.41) is 7.49. The minimum Gasteiger partial charge on any atom is -0.310 e. The van der Waals surface area contributed by atoms with Crippen molar-refractivity contribution in [3.8, 4) is 44.5 Å². The molecule has 0 saturated heterocycles. The molecule has 274 valence electrons. The average molecular weight is 740 g/mol. The molecular weight excluding hydrogens is 699 g/mol. The molecule has 1 nitrogen and oxygen atoms in total. The van der Waals surface area contributed by atoms with Crippen molar-refractivity contribution in [2.24, 2.45) is 0 Å². The minimum atomic E-state index is -0.118. The van der Waals surface area contributed by atoms with E-state index in [1.165, 1.54) is 88.0 Å². The highest BCUT2D eigenvalue weighted by Crippen LogP contribution is 2.53. The third-order valence-corrected chi connectivity index (χ3v) is 12.4. The summed E-state index contributed by atoms with van der Waals surface area (Å²) in [4.78, 5) is 2.48. The second kappa shape index (κ2) is 13.5. The first-order chi connectivity index (χ1) is 28.5. The lowest BCUT2D eigenvalue weighted by Gasteiger charge is -2.30. The van der Waals surface area contributed by atoms with Crippen molar-refractivity contribution in [1.29, 1.82) is 0 Å². The van der Waals surface area contributed by atoms with Gasteiger partial charge in [0.1, 0.15) is 0 Å². The molecule has 0 spiro atoms. The Kier molecular flexibility index (Phi) is 7.91. The van der Waals surface area contributed by atoms with Crippen LogP contribution in [0.1, 0.15) is 25.0 Å². The van der Waals surface area contributed by atoms with E-state index in [2.05, 4.69) is 231 Å². The van der Waals surface area contributed by atoms with Crippen molar-refractivity contribution in [3.05, 3.63) is 223 Å². The first-order valence-corrected chi connectivity index (χ1v) is 20.3. The molecule has 0 heterocycles. The summed E-state index contributed by atoms with van der Waals surface area (Å²) in [5.74, 6) is 0. The van der Waals surface area contributed by atoms with Crippen LogP contribution in [-0.2, 0) is 5.41 Å². The third-order valence-electron chi connectivity index (χ3n) is 12.4. The molecule has 0 fully saturated rings. The molecule has 0 amide bonds. The fourth-order valence-electron chi connectivity index (χ4n) is 9.45. The Morgan fingerprint density at radius 3 is 1.55 bits per heavy atom. The highest BCUT2D eigenvalue weighted by Gasteiger charge is 2.36. The van der Waals surface area contributed by atoms with Gasteiger partial charge in [0.2, 0.25) is 0 Å². The van der Waals surface area contributed by atoms with Crippen LogP contribution in [0.25, 0.3) is 76.8 Å². The van der Waals surface area contributed by atoms with Crippen LogP contribution in [0, 0.1) is 0 Å². The van der Waals surface area contributed by atoms with E-state index < -0.39 is 0 Å². The Morgan fingerprint density at radius 1 is 0.328 bits per heavy atom. The van der Waals surface area contributed by atoms with Crippen LogP contribution in [-0.4, -0.2) is 0 Å². The zero-order chi connectivity index (χ0) is 38.8. The smallest absolute Gasteiger partial charge is 0.0546 e. The van der Waals surface area contributed by atoms with Gasteiger partial charge in [-0.1, -0.05) is 184 Å². The van der Waals surface area contributed by atoms with Crippen LogP contribution in [0.15, 0.2) is 212 Å². The van der Waals surface area contributed by atoms with Gasteiger partial charge in [-0.25, -0.2) is 0 Å². The van der Waals surface area contributed by atoms with Gasteiger partial charge in [-0.2, -0.15) is 0 Å². The Hall–Kier alpha value is -7.22. The number of benzene rings is 10. The summed E-state index contributed by atoms with van der Waals surface area (Å²) in [6.07, 6.45) is 0. The summed E-state index contributed by atoms with van der Waals surface area (Å²) < 4.78 is 0. The quantitative estimate of drug-likeness (QED) is 0.164. The van der Waals surface area contributed by atoms with E-state index in [9.17, 15) is 0 Å². The van der Waals surface area contributed by atoms with E-state index in [-0.39, 0.29) is 5.41 Å². The fourth-order valence-corrected chi connectivity index (χ4v) is 9.45. The Morgan fingerprint density at radius 2 is 0.845 bits per heavy atom. The topological polar surface area (TPSA) is 3.24 Å². The molecule has 1 aliphatic rings. The van der Waals surface area contributed by atoms with Crippen molar-refractivity contribution in [2.45, 2.75) is 19.3 Å². The average Bonchev–Trinajstić information content (AvgIpc) is 3.50. The van der Waals surface area contributed by atoms with Crippen LogP contribution in [0.4, 0.5) is 17.1 Å². The lowest BCUT2D eigenvalue weighted by Crippen LogP contribution is -2.15. The summed E-state index contributed by atoms with van der Waals surface area (Å²) >= 11 is 0. The van der Waals surface area contributed by atoms with Gasteiger partial charge in [-0.15, -0.1) is 0 Å². The minimum absolute atomic E-state index is 0.118. The van der Waals surface area contributed by atoms with Crippen molar-refractivity contribution >= 4 is 49.4 Å². The number of hydrogen-bond acceptors (Lipinski definition) is 1. The van der Waals surface area contributed by atoms with Gasteiger partial charge < -0.3 is 4.90 Å². The largest absolute Gasteiger partial charge is 0.310 e. The zero-order valence-electron chi connectivity index (χ0n) is 32.7. The van der Waals surface area contributed by atoms with E-state index in [0.29, 0.717) is 0 Å². The molecule has 10 aromatic carbocycles. The van der Waals surface area contributed by atoms with Crippen molar-refractivity contribution in [1.82, 2.24) is 0 Å². The summed E-state index contributed by atoms with van der Waals surface area (Å²) in [7, 11) is 0. The van der Waals surface area contributed by atoms with Crippen molar-refractivity contribution < 1.29 is 0 Å². The predicted molar refractivity (Wildman–Crippen MR) is 248 cm³/mol. The highest BCUT2D eigenvalue weighted by atomic mass is 15.1. The molecule has 0 unspecified atom stereocenters. The van der Waals surface area contributed by atoms with Gasteiger partial charge >= 0.3 is 0 Å². The number of anilines is 3. The maximum absolute atomic E-state index is 2.48. The number of nitrogens with zero attached hydrogens (tertiary/aromatic N) is 1. The van der Waals surface area contributed by atoms with Crippen LogP contribution in [0.3, 0.4) is 0 Å². The van der Waals surface area contributed by atoms with E-state index in [1.807, 2.05) is 0 Å². The summed E-state index contributed by atoms with van der Waals surface area (Å²) in [6.45, 7) is 4.74. The molecule has 10 aromatic rings. The van der Waals surface area contributed by atoms with Gasteiger partial charge in [0.15, 0.2) is 0 Å². The van der Waals surface area contributed by atoms with Crippen LogP contribution < -0.4 is 4.90 Å². The Labute approximate surface area is 340 Å². The molecule has 0 N–H and O–H groups in total. The maximum Gasteiger partial charge on any atom is 0.0546 e. The van der Waals surface area contributed by atoms with Gasteiger partial charge in [-0.05, 0) is 125 Å². The van der Waals surface area contributed by atoms with Crippen LogP contribution >= 0.6 is 0 Å². The molecule has 0 saturated carbocycles. The second-order valence-electron chi connectivity index (χ2n) is 16.1. The van der Waals surface area contributed by atoms with E-state index in [0.717, 1.165) is 17.1 Å². The van der Waals surface area contributed by atoms with E-state index in [4.69, 9.17) is 0 Å². The lowest BCUT2D eigenvalue weighted by molar-refractivity contribution is 0.661. The molecule has 0 atom stereocenters. The van der Waals surface area contributed by atoms with Crippen LogP contribution in [0.5, 0.6) is 0 Å². The Bertz CT molecular complexity index is 3170. The SMILES string of the molecule is CC1(C)c2ccc(N(c3ccc(-c4ccc(-c5ccccc5)cc4)cc3)c3ccc4ccccc4c3-c3cccc4ccccc34)cc2-c2cc3ccccc3cc21. The van der Waals surface area contributed by atoms with Gasteiger partial charge in [-0.3, -0.25) is 0 Å². The Balaban J connectivity index is 1.12. The summed E-state index contributed by atoms with van der Waals surface area (Å²) in [5.41, 5.74) is 15.9. The van der Waals surface area contributed by atoms with E-state index >= 15 is 0 Å². The highest BCUT2D eigenvalue weighted by molar-refractivity contribution is 6.11. The normalized spacial score (nSPS) is 12.8. The van der Waals surface area contributed by atoms with Crippen molar-refractivity contribution in [2.75, 3.05) is 4.90 Å². The molecule has 0 aliphatic heterocycles. The molecule has 58 heavy (non-hydrogen) atoms. The molecule has 0 bridgehead atoms. The van der Waals surface area contributed by atoms with Crippen molar-refractivity contribution in [3.63, 3.8) is 0 Å². The molecule has 1 aliphatic carbocycles. The molecular formula is C57H41N. The first kappa shape index (κ1) is 34.1. The predicted octanol–water partition coefficient (Wildman–Crippen LogP) is 15.9. The van der Waals surface area contributed by atoms with Gasteiger partial charge in [0, 0.05) is 22.4 Å². The molecule has 0 radical (unpaired) electrons. The monoisotopic (exact) mass is 739 g/mol. The lowest BCUT2D eigenvalue weighted by atomic mass is 9.82. The number of hydrogen-bond donors (Lipinski definition) is 0. The van der Waals surface area contributed by atoms with Gasteiger partial charge in [0.05, 0.1) is 5.69 Å². The molecule has 1 heteroatoms. The fraction of sp³-hybridized carbons (Fsp3) is 0.0526.